The van der Waals surface area contributed by atoms with Gasteiger partial charge in [0.05, 0.1) is 29.4 Å². The summed E-state index contributed by atoms with van der Waals surface area (Å²) >= 11 is 3.84. The van der Waals surface area contributed by atoms with Crippen molar-refractivity contribution in [3.8, 4) is 17.3 Å². The zero-order chi connectivity index (χ0) is 26.2. The zero-order valence-electron chi connectivity index (χ0n) is 20.5. The predicted molar refractivity (Wildman–Crippen MR) is 154 cm³/mol. The van der Waals surface area contributed by atoms with Crippen LogP contribution in [-0.4, -0.2) is 58.7 Å². The minimum Gasteiger partial charge on any atom is -0.304 e. The van der Waals surface area contributed by atoms with Gasteiger partial charge in [-0.05, 0) is 59.7 Å². The van der Waals surface area contributed by atoms with Crippen LogP contribution >= 0.6 is 33.9 Å². The lowest BCUT2D eigenvalue weighted by Gasteiger charge is -2.29. The number of thiazole rings is 1. The molecule has 12 heteroatoms. The molecule has 4 heterocycles. The van der Waals surface area contributed by atoms with Crippen molar-refractivity contribution in [2.24, 2.45) is 0 Å². The molecule has 9 nitrogen and oxygen atoms in total. The SMILES string of the molecule is CN(c1nc(-c2ccc(I)cc2)cs1)c1c(CCC#N)nc2ccc(C3CCN(S(C)(=O)=O)CC3)nn12. The molecular formula is C25H26IN7O2S2. The second kappa shape index (κ2) is 10.6. The second-order valence-corrected chi connectivity index (χ2v) is 13.2. The fourth-order valence-electron chi connectivity index (χ4n) is 4.62. The van der Waals surface area contributed by atoms with Crippen LogP contribution in [0.3, 0.4) is 0 Å². The van der Waals surface area contributed by atoms with E-state index in [4.69, 9.17) is 15.1 Å². The first-order valence-corrected chi connectivity index (χ1v) is 15.7. The Kier molecular flexibility index (Phi) is 7.49. The molecule has 0 spiro atoms. The van der Waals surface area contributed by atoms with E-state index in [1.807, 2.05) is 34.0 Å². The van der Waals surface area contributed by atoms with Crippen LogP contribution in [0.15, 0.2) is 41.8 Å². The van der Waals surface area contributed by atoms with Gasteiger partial charge in [0.2, 0.25) is 10.0 Å². The molecule has 1 aliphatic heterocycles. The number of hydrogen-bond acceptors (Lipinski definition) is 8. The molecule has 3 aromatic heterocycles. The van der Waals surface area contributed by atoms with Crippen LogP contribution < -0.4 is 4.90 Å². The third-order valence-corrected chi connectivity index (χ3v) is 9.53. The third-order valence-electron chi connectivity index (χ3n) is 6.60. The molecule has 0 unspecified atom stereocenters. The van der Waals surface area contributed by atoms with Gasteiger partial charge >= 0.3 is 0 Å². The van der Waals surface area contributed by atoms with Crippen LogP contribution in [0.5, 0.6) is 0 Å². The standard InChI is InChI=1S/C25H26IN7O2S2/c1-31(25-29-22(16-36-25)17-5-7-19(26)8-6-17)24-21(4-3-13-27)28-23-10-9-20(30-33(23)24)18-11-14-32(15-12-18)37(2,34)35/h5-10,16,18H,3-4,11-12,14-15H2,1-2H3. The number of benzene rings is 1. The minimum atomic E-state index is -3.18. The number of fused-ring (bicyclic) bond motifs is 1. The Labute approximate surface area is 234 Å². The van der Waals surface area contributed by atoms with Crippen LogP contribution in [0, 0.1) is 14.9 Å². The summed E-state index contributed by atoms with van der Waals surface area (Å²) in [6.45, 7) is 0.988. The van der Waals surface area contributed by atoms with E-state index >= 15 is 0 Å². The van der Waals surface area contributed by atoms with E-state index in [-0.39, 0.29) is 5.92 Å². The lowest BCUT2D eigenvalue weighted by atomic mass is 9.94. The number of halogens is 1. The van der Waals surface area contributed by atoms with Gasteiger partial charge in [0.15, 0.2) is 16.6 Å². The fourth-order valence-corrected chi connectivity index (χ4v) is 6.66. The number of hydrogen-bond donors (Lipinski definition) is 0. The summed E-state index contributed by atoms with van der Waals surface area (Å²) in [7, 11) is -1.23. The molecule has 1 fully saturated rings. The molecule has 37 heavy (non-hydrogen) atoms. The number of anilines is 2. The number of piperidine rings is 1. The van der Waals surface area contributed by atoms with Crippen molar-refractivity contribution < 1.29 is 8.42 Å². The molecule has 0 saturated carbocycles. The maximum atomic E-state index is 11.9. The topological polar surface area (TPSA) is 107 Å². The van der Waals surface area contributed by atoms with Gasteiger partial charge in [-0.3, -0.25) is 0 Å². The number of rotatable bonds is 7. The summed E-state index contributed by atoms with van der Waals surface area (Å²) in [4.78, 5) is 11.7. The Morgan fingerprint density at radius 2 is 1.89 bits per heavy atom. The van der Waals surface area contributed by atoms with E-state index < -0.39 is 10.0 Å². The Hall–Kier alpha value is -2.60. The molecule has 1 aliphatic rings. The molecule has 192 valence electrons. The largest absolute Gasteiger partial charge is 0.304 e. The van der Waals surface area contributed by atoms with Crippen molar-refractivity contribution in [1.29, 1.82) is 5.26 Å². The highest BCUT2D eigenvalue weighted by atomic mass is 127. The molecule has 0 bridgehead atoms. The van der Waals surface area contributed by atoms with E-state index in [0.717, 1.165) is 46.4 Å². The number of sulfonamides is 1. The number of aryl methyl sites for hydroxylation is 1. The van der Waals surface area contributed by atoms with Gasteiger partial charge in [0.1, 0.15) is 0 Å². The average Bonchev–Trinajstić information content (AvgIpc) is 3.52. The summed E-state index contributed by atoms with van der Waals surface area (Å²) < 4.78 is 28.4. The highest BCUT2D eigenvalue weighted by molar-refractivity contribution is 14.1. The van der Waals surface area contributed by atoms with Gasteiger partial charge in [-0.2, -0.15) is 14.9 Å². The molecule has 1 saturated heterocycles. The van der Waals surface area contributed by atoms with Crippen molar-refractivity contribution >= 4 is 60.5 Å². The van der Waals surface area contributed by atoms with Gasteiger partial charge in [0, 0.05) is 53.4 Å². The Balaban J connectivity index is 1.49. The molecular weight excluding hydrogens is 621 g/mol. The van der Waals surface area contributed by atoms with E-state index in [1.165, 1.54) is 14.1 Å². The third kappa shape index (κ3) is 5.50. The molecule has 1 aromatic carbocycles. The minimum absolute atomic E-state index is 0.165. The molecule has 5 rings (SSSR count). The van der Waals surface area contributed by atoms with E-state index in [1.54, 1.807) is 11.3 Å². The van der Waals surface area contributed by atoms with Crippen molar-refractivity contribution in [3.05, 3.63) is 56.7 Å². The number of nitrogens with zero attached hydrogens (tertiary/aromatic N) is 7. The van der Waals surface area contributed by atoms with Crippen molar-refractivity contribution in [2.45, 2.75) is 31.6 Å². The summed E-state index contributed by atoms with van der Waals surface area (Å²) in [5.41, 5.74) is 4.38. The first-order chi connectivity index (χ1) is 17.7. The van der Waals surface area contributed by atoms with Gasteiger partial charge in [0.25, 0.3) is 0 Å². The summed E-state index contributed by atoms with van der Waals surface area (Å²) in [6.07, 6.45) is 3.57. The van der Waals surface area contributed by atoms with Crippen molar-refractivity contribution in [2.75, 3.05) is 31.3 Å². The maximum absolute atomic E-state index is 11.9. The lowest BCUT2D eigenvalue weighted by molar-refractivity contribution is 0.317. The van der Waals surface area contributed by atoms with Crippen LogP contribution in [0.25, 0.3) is 16.9 Å². The Morgan fingerprint density at radius 3 is 2.57 bits per heavy atom. The predicted octanol–water partition coefficient (Wildman–Crippen LogP) is 4.82. The fraction of sp³-hybridized carbons (Fsp3) is 0.360. The van der Waals surface area contributed by atoms with Crippen LogP contribution in [0.2, 0.25) is 0 Å². The Bertz CT molecular complexity index is 1570. The Morgan fingerprint density at radius 1 is 1.16 bits per heavy atom. The van der Waals surface area contributed by atoms with Crippen LogP contribution in [-0.2, 0) is 16.4 Å². The summed E-state index contributed by atoms with van der Waals surface area (Å²) in [6, 6.07) is 14.4. The number of aromatic nitrogens is 4. The molecule has 0 atom stereocenters. The van der Waals surface area contributed by atoms with Crippen LogP contribution in [0.1, 0.15) is 36.6 Å². The smallest absolute Gasteiger partial charge is 0.211 e. The van der Waals surface area contributed by atoms with Gasteiger partial charge in [-0.1, -0.05) is 12.1 Å². The highest BCUT2D eigenvalue weighted by Gasteiger charge is 2.28. The first kappa shape index (κ1) is 26.0. The highest BCUT2D eigenvalue weighted by Crippen LogP contribution is 2.35. The second-order valence-electron chi connectivity index (χ2n) is 9.09. The van der Waals surface area contributed by atoms with Crippen molar-refractivity contribution in [1.82, 2.24) is 23.9 Å². The van der Waals surface area contributed by atoms with Crippen LogP contribution in [0.4, 0.5) is 10.9 Å². The molecule has 4 aromatic rings. The molecule has 0 aliphatic carbocycles. The monoisotopic (exact) mass is 647 g/mol. The number of nitriles is 1. The van der Waals surface area contributed by atoms with E-state index in [9.17, 15) is 13.7 Å². The van der Waals surface area contributed by atoms with Crippen molar-refractivity contribution in [3.63, 3.8) is 0 Å². The van der Waals surface area contributed by atoms with Gasteiger partial charge < -0.3 is 4.90 Å². The van der Waals surface area contributed by atoms with E-state index in [0.29, 0.717) is 31.6 Å². The summed E-state index contributed by atoms with van der Waals surface area (Å²) in [5.74, 6) is 0.960. The maximum Gasteiger partial charge on any atom is 0.211 e. The van der Waals surface area contributed by atoms with E-state index in [2.05, 4.69) is 52.9 Å². The molecule has 0 N–H and O–H groups in total. The lowest BCUT2D eigenvalue weighted by Crippen LogP contribution is -2.37. The summed E-state index contributed by atoms with van der Waals surface area (Å²) in [5, 5.41) is 17.0. The quantitative estimate of drug-likeness (QED) is 0.265. The molecule has 0 amide bonds. The van der Waals surface area contributed by atoms with Gasteiger partial charge in [-0.25, -0.2) is 22.7 Å². The average molecular weight is 648 g/mol. The molecule has 0 radical (unpaired) electrons. The number of imidazole rings is 1. The zero-order valence-corrected chi connectivity index (χ0v) is 24.3. The van der Waals surface area contributed by atoms with Gasteiger partial charge in [-0.15, -0.1) is 11.3 Å². The first-order valence-electron chi connectivity index (χ1n) is 11.9. The normalized spacial score (nSPS) is 15.2.